The Bertz CT molecular complexity index is 897. The minimum atomic E-state index is -0.706. The summed E-state index contributed by atoms with van der Waals surface area (Å²) in [5.74, 6) is 26.8. The molecule has 0 aliphatic heterocycles. The number of ether oxygens (including phenoxy) is 1. The molecule has 0 spiro atoms. The van der Waals surface area contributed by atoms with E-state index in [1.54, 1.807) is 0 Å². The van der Waals surface area contributed by atoms with Crippen LogP contribution in [0, 0.1) is 83.6 Å². The fourth-order valence-corrected chi connectivity index (χ4v) is 0.847. The number of hydrogen-bond acceptors (Lipinski definition) is 4. The zero-order chi connectivity index (χ0) is 18.0. The van der Waals surface area contributed by atoms with Gasteiger partial charge in [-0.15, -0.1) is 6.42 Å². The van der Waals surface area contributed by atoms with E-state index in [-0.39, 0.29) is 12.8 Å². The van der Waals surface area contributed by atoms with Crippen molar-refractivity contribution in [2.75, 3.05) is 7.05 Å². The number of hydrogen-bond donors (Lipinski definition) is 1. The molecule has 0 bridgehead atoms. The summed E-state index contributed by atoms with van der Waals surface area (Å²) < 4.78 is 4.49. The van der Waals surface area contributed by atoms with Gasteiger partial charge in [-0.25, -0.2) is 5.06 Å². The van der Waals surface area contributed by atoms with E-state index in [0.717, 1.165) is 7.05 Å². The number of esters is 1. The first-order valence-corrected chi connectivity index (χ1v) is 6.18. The quantitative estimate of drug-likeness (QED) is 0.338. The largest absolute Gasteiger partial charge is 0.371 e. The summed E-state index contributed by atoms with van der Waals surface area (Å²) >= 11 is 0. The second-order valence-corrected chi connectivity index (χ2v) is 3.51. The number of amides is 1. The van der Waals surface area contributed by atoms with E-state index in [0.29, 0.717) is 5.06 Å². The zero-order valence-corrected chi connectivity index (χ0v) is 12.6. The van der Waals surface area contributed by atoms with Gasteiger partial charge >= 0.3 is 5.97 Å². The predicted molar refractivity (Wildman–Crippen MR) is 85.4 cm³/mol. The summed E-state index contributed by atoms with van der Waals surface area (Å²) in [6.07, 6.45) is 6.56. The van der Waals surface area contributed by atoms with Gasteiger partial charge < -0.3 is 4.74 Å². The average Bonchev–Trinajstić information content (AvgIpc) is 2.56. The van der Waals surface area contributed by atoms with Gasteiger partial charge in [0.2, 0.25) is 5.91 Å². The van der Waals surface area contributed by atoms with Gasteiger partial charge in [-0.1, -0.05) is 0 Å². The molecule has 0 saturated carbocycles. The van der Waals surface area contributed by atoms with E-state index in [4.69, 9.17) is 11.6 Å². The molecule has 0 unspecified atom stereocenters. The van der Waals surface area contributed by atoms with Crippen LogP contribution in [0.1, 0.15) is 12.8 Å². The maximum absolute atomic E-state index is 11.2. The first kappa shape index (κ1) is 19.8. The topological polar surface area (TPSA) is 66.8 Å². The molecule has 0 heterocycles. The van der Waals surface area contributed by atoms with Crippen molar-refractivity contribution in [3.8, 4) is 83.6 Å². The number of rotatable bonds is 3. The third-order valence-corrected chi connectivity index (χ3v) is 1.82. The first-order valence-electron chi connectivity index (χ1n) is 6.18. The Morgan fingerprint density at radius 1 is 0.875 bits per heavy atom. The van der Waals surface area contributed by atoms with Crippen LogP contribution < -0.4 is 0 Å². The van der Waals surface area contributed by atoms with E-state index in [1.807, 2.05) is 0 Å². The molecule has 0 aliphatic carbocycles. The van der Waals surface area contributed by atoms with Crippen LogP contribution in [0.2, 0.25) is 0 Å². The molecule has 0 radical (unpaired) electrons. The maximum atomic E-state index is 11.2. The molecule has 1 amide bonds. The zero-order valence-electron chi connectivity index (χ0n) is 12.6. The molecule has 0 aliphatic rings. The van der Waals surface area contributed by atoms with E-state index >= 15 is 0 Å². The second-order valence-electron chi connectivity index (χ2n) is 3.51. The van der Waals surface area contributed by atoms with Crippen molar-refractivity contribution in [2.45, 2.75) is 12.8 Å². The first-order chi connectivity index (χ1) is 11.6. The molecule has 5 nitrogen and oxygen atoms in total. The normalized spacial score (nSPS) is 6.21. The lowest BCUT2D eigenvalue weighted by molar-refractivity contribution is -0.160. The van der Waals surface area contributed by atoms with Crippen LogP contribution in [0.25, 0.3) is 0 Å². The van der Waals surface area contributed by atoms with Crippen molar-refractivity contribution in [2.24, 2.45) is 0 Å². The average molecular weight is 315 g/mol. The third kappa shape index (κ3) is 12.8. The van der Waals surface area contributed by atoms with Crippen LogP contribution >= 0.6 is 0 Å². The molecule has 5 heteroatoms. The summed E-state index contributed by atoms with van der Waals surface area (Å²) in [6, 6.07) is 0. The fourth-order valence-electron chi connectivity index (χ4n) is 0.847. The van der Waals surface area contributed by atoms with E-state index in [2.05, 4.69) is 81.9 Å². The Kier molecular flexibility index (Phi) is 11.4. The fraction of sp³-hybridized carbons (Fsp3) is 0.158. The van der Waals surface area contributed by atoms with Crippen LogP contribution in [0.15, 0.2) is 0 Å². The molecular formula is C19H9NO4. The van der Waals surface area contributed by atoms with Gasteiger partial charge in [0.15, 0.2) is 0 Å². The molecule has 24 heavy (non-hydrogen) atoms. The highest BCUT2D eigenvalue weighted by Gasteiger charge is 2.09. The van der Waals surface area contributed by atoms with E-state index in [9.17, 15) is 9.59 Å². The van der Waals surface area contributed by atoms with Gasteiger partial charge in [-0.05, 0) is 35.5 Å². The van der Waals surface area contributed by atoms with Crippen LogP contribution in [0.4, 0.5) is 0 Å². The summed E-state index contributed by atoms with van der Waals surface area (Å²) in [6.45, 7) is 0. The van der Waals surface area contributed by atoms with Gasteiger partial charge in [-0.2, -0.15) is 0 Å². The van der Waals surface area contributed by atoms with Crippen molar-refractivity contribution in [1.82, 2.24) is 5.06 Å². The van der Waals surface area contributed by atoms with Gasteiger partial charge in [0.1, 0.15) is 6.11 Å². The number of carbonyl (C=O) groups is 2. The smallest absolute Gasteiger partial charge is 0.320 e. The Balaban J connectivity index is 4.19. The molecule has 1 N–H and O–H groups in total. The second kappa shape index (κ2) is 13.8. The van der Waals surface area contributed by atoms with Crippen molar-refractivity contribution < 1.29 is 19.5 Å². The molecule has 0 rings (SSSR count). The highest BCUT2D eigenvalue weighted by molar-refractivity contribution is 5.80. The lowest BCUT2D eigenvalue weighted by atomic mass is 10.3. The van der Waals surface area contributed by atoms with Crippen molar-refractivity contribution in [1.29, 1.82) is 0 Å². The van der Waals surface area contributed by atoms with Gasteiger partial charge in [0.25, 0.3) is 0 Å². The maximum Gasteiger partial charge on any atom is 0.320 e. The van der Waals surface area contributed by atoms with Gasteiger partial charge in [0.05, 0.1) is 6.42 Å². The molecule has 0 aromatic rings. The van der Waals surface area contributed by atoms with Crippen molar-refractivity contribution in [3.63, 3.8) is 0 Å². The van der Waals surface area contributed by atoms with Gasteiger partial charge in [-0.3, -0.25) is 14.8 Å². The molecule has 0 saturated heterocycles. The summed E-state index contributed by atoms with van der Waals surface area (Å²) in [7, 11) is 1.16. The van der Waals surface area contributed by atoms with E-state index < -0.39 is 11.9 Å². The Morgan fingerprint density at radius 3 is 1.79 bits per heavy atom. The predicted octanol–water partition coefficient (Wildman–Crippen LogP) is -0.231. The standard InChI is InChI=1S/C19H9NO4/c1-3-4-5-6-7-8-9-10-11-12-13-14-17-24-19(22)16-15-18(21)20(2)23/h1,23H,15-16H2,2H3. The molecule has 114 valence electrons. The highest BCUT2D eigenvalue weighted by atomic mass is 16.5. The lowest BCUT2D eigenvalue weighted by Gasteiger charge is -2.06. The number of terminal acetylenes is 1. The molecule has 0 aromatic heterocycles. The number of nitrogens with zero attached hydrogens (tertiary/aromatic N) is 1. The Morgan fingerprint density at radius 2 is 1.33 bits per heavy atom. The van der Waals surface area contributed by atoms with E-state index in [1.165, 1.54) is 0 Å². The summed E-state index contributed by atoms with van der Waals surface area (Å²) in [5.41, 5.74) is 0. The van der Waals surface area contributed by atoms with Crippen LogP contribution in [0.5, 0.6) is 0 Å². The number of hydroxylamine groups is 2. The minimum Gasteiger partial charge on any atom is -0.371 e. The monoisotopic (exact) mass is 315 g/mol. The van der Waals surface area contributed by atoms with Gasteiger partial charge in [0, 0.05) is 49.0 Å². The number of carbonyl (C=O) groups excluding carboxylic acids is 2. The minimum absolute atomic E-state index is 0.180. The molecule has 0 fully saturated rings. The molecular weight excluding hydrogens is 306 g/mol. The van der Waals surface area contributed by atoms with Crippen molar-refractivity contribution >= 4 is 11.9 Å². The van der Waals surface area contributed by atoms with Crippen molar-refractivity contribution in [3.05, 3.63) is 0 Å². The van der Waals surface area contributed by atoms with Crippen LogP contribution in [-0.2, 0) is 14.3 Å². The molecule has 0 atom stereocenters. The van der Waals surface area contributed by atoms with Crippen LogP contribution in [0.3, 0.4) is 0 Å². The lowest BCUT2D eigenvalue weighted by Crippen LogP contribution is -2.23. The summed E-state index contributed by atoms with van der Waals surface area (Å²) in [4.78, 5) is 22.2. The van der Waals surface area contributed by atoms with Crippen LogP contribution in [-0.4, -0.2) is 29.2 Å². The summed E-state index contributed by atoms with van der Waals surface area (Å²) in [5, 5.41) is 9.17. The third-order valence-electron chi connectivity index (χ3n) is 1.82. The SMILES string of the molecule is C#CC#CC#CC#CC#CC#CC#COC(=O)CCC(=O)N(C)O. The Labute approximate surface area is 140 Å². The highest BCUT2D eigenvalue weighted by Crippen LogP contribution is 1.95. The molecule has 0 aromatic carbocycles. The Hall–Kier alpha value is -4.18.